The minimum atomic E-state index is -0.892. The first-order chi connectivity index (χ1) is 17.1. The largest absolute Gasteiger partial charge is 0.497 e. The number of carbonyl (C=O) groups excluding carboxylic acids is 1. The van der Waals surface area contributed by atoms with Gasteiger partial charge in [0, 0.05) is 23.6 Å². The van der Waals surface area contributed by atoms with Crippen molar-refractivity contribution in [2.24, 2.45) is 0 Å². The number of fused-ring (bicyclic) bond motifs is 5. The third-order valence-electron chi connectivity index (χ3n) is 5.85. The number of rotatable bonds is 3. The number of pyridine rings is 2. The smallest absolute Gasteiger partial charge is 0.340 e. The maximum absolute atomic E-state index is 13.2. The summed E-state index contributed by atoms with van der Waals surface area (Å²) in [6.45, 7) is 14.5. The zero-order valence-electron chi connectivity index (χ0n) is 22.4. The highest BCUT2D eigenvalue weighted by Gasteiger charge is 2.35. The molecule has 2 aromatic heterocycles. The summed E-state index contributed by atoms with van der Waals surface area (Å²) in [7, 11) is 3.08. The number of methoxy groups -OCH3 is 2. The van der Waals surface area contributed by atoms with Crippen molar-refractivity contribution in [1.82, 2.24) is 9.55 Å². The van der Waals surface area contributed by atoms with Crippen LogP contribution < -0.4 is 10.3 Å². The summed E-state index contributed by atoms with van der Waals surface area (Å²) in [5.41, 5.74) is 5.42. The lowest BCUT2D eigenvalue weighted by molar-refractivity contribution is -0.159. The number of cyclic esters (lactones) is 1. The van der Waals surface area contributed by atoms with Gasteiger partial charge in [-0.25, -0.2) is 9.78 Å². The quantitative estimate of drug-likeness (QED) is 0.342. The van der Waals surface area contributed by atoms with Crippen molar-refractivity contribution < 1.29 is 19.0 Å². The summed E-state index contributed by atoms with van der Waals surface area (Å²) in [6.07, 6.45) is -0.0871. The minimum absolute atomic E-state index is 0.0310. The van der Waals surface area contributed by atoms with Crippen molar-refractivity contribution in [3.8, 4) is 17.1 Å². The van der Waals surface area contributed by atoms with Gasteiger partial charge < -0.3 is 18.8 Å². The van der Waals surface area contributed by atoms with E-state index in [2.05, 4.69) is 6.92 Å². The van der Waals surface area contributed by atoms with Crippen molar-refractivity contribution in [3.63, 3.8) is 0 Å². The topological polar surface area (TPSA) is 79.6 Å². The number of ether oxygens (including phenoxy) is 3. The highest BCUT2D eigenvalue weighted by atomic mass is 16.6. The summed E-state index contributed by atoms with van der Waals surface area (Å²) < 4.78 is 17.6. The average molecular weight is 483 g/mol. The molecule has 1 aromatic carbocycles. The first-order valence-electron chi connectivity index (χ1n) is 12.5. The van der Waals surface area contributed by atoms with Crippen molar-refractivity contribution in [3.05, 3.63) is 56.9 Å². The summed E-state index contributed by atoms with van der Waals surface area (Å²) in [6, 6.07) is 7.67. The second-order valence-electron chi connectivity index (χ2n) is 7.23. The number of nitrogens with zero attached hydrogens (tertiary/aromatic N) is 2. The number of aromatic nitrogens is 2. The molecule has 7 heteroatoms. The molecule has 1 atom stereocenters. The van der Waals surface area contributed by atoms with E-state index in [0.29, 0.717) is 23.4 Å². The lowest BCUT2D eigenvalue weighted by atomic mass is 9.97. The van der Waals surface area contributed by atoms with Crippen molar-refractivity contribution in [2.45, 2.75) is 74.1 Å². The van der Waals surface area contributed by atoms with Crippen LogP contribution in [0.4, 0.5) is 0 Å². The molecule has 5 rings (SSSR count). The van der Waals surface area contributed by atoms with E-state index in [-0.39, 0.29) is 12.2 Å². The number of benzene rings is 1. The predicted octanol–water partition coefficient (Wildman–Crippen LogP) is 5.82. The normalized spacial score (nSPS) is 14.5. The standard InChI is InChI=1S/C22H20N2O5.3C2H6/c1-4-12-13-7-11(27-2)5-6-17(13)23-19-15(12)9-24-18(19)8-14-16(21(24)25)10-29-22(26)20(14)28-3;3*1-2/h5-8,20H,4,9-10H2,1-3H3;3*1-2H3. The van der Waals surface area contributed by atoms with Gasteiger partial charge in [-0.15, -0.1) is 0 Å². The number of esters is 1. The fourth-order valence-corrected chi connectivity index (χ4v) is 4.43. The van der Waals surface area contributed by atoms with Crippen molar-refractivity contribution in [1.29, 1.82) is 0 Å². The Bertz CT molecular complexity index is 1250. The highest BCUT2D eigenvalue weighted by molar-refractivity contribution is 5.89. The first kappa shape index (κ1) is 28.1. The minimum Gasteiger partial charge on any atom is -0.497 e. The molecule has 0 spiro atoms. The Kier molecular flexibility index (Phi) is 10.0. The van der Waals surface area contributed by atoms with Gasteiger partial charge in [0.15, 0.2) is 6.10 Å². The average Bonchev–Trinajstić information content (AvgIpc) is 3.28. The summed E-state index contributed by atoms with van der Waals surface area (Å²) >= 11 is 0. The van der Waals surface area contributed by atoms with Gasteiger partial charge in [-0.2, -0.15) is 0 Å². The third kappa shape index (κ3) is 4.82. The molecule has 0 saturated heterocycles. The molecule has 0 fully saturated rings. The van der Waals surface area contributed by atoms with Crippen LogP contribution in [0.25, 0.3) is 22.3 Å². The molecule has 4 heterocycles. The van der Waals surface area contributed by atoms with Gasteiger partial charge in [0.2, 0.25) is 0 Å². The van der Waals surface area contributed by atoms with Crippen LogP contribution in [0.15, 0.2) is 29.1 Å². The monoisotopic (exact) mass is 482 g/mol. The van der Waals surface area contributed by atoms with E-state index >= 15 is 0 Å². The lowest BCUT2D eigenvalue weighted by Crippen LogP contribution is -2.33. The Hall–Kier alpha value is -3.19. The van der Waals surface area contributed by atoms with Crippen molar-refractivity contribution in [2.75, 3.05) is 14.2 Å². The van der Waals surface area contributed by atoms with E-state index in [9.17, 15) is 9.59 Å². The van der Waals surface area contributed by atoms with Crippen molar-refractivity contribution >= 4 is 16.9 Å². The van der Waals surface area contributed by atoms with Crippen LogP contribution in [0.1, 0.15) is 76.8 Å². The van der Waals surface area contributed by atoms with Gasteiger partial charge in [0.25, 0.3) is 5.56 Å². The van der Waals surface area contributed by atoms with Gasteiger partial charge in [0.1, 0.15) is 12.4 Å². The molecular weight excluding hydrogens is 444 g/mol. The predicted molar refractivity (Wildman–Crippen MR) is 140 cm³/mol. The van der Waals surface area contributed by atoms with E-state index in [1.165, 1.54) is 7.11 Å². The molecule has 2 aliphatic rings. The summed E-state index contributed by atoms with van der Waals surface area (Å²) in [5, 5.41) is 1.03. The van der Waals surface area contributed by atoms with Gasteiger partial charge in [-0.1, -0.05) is 48.5 Å². The Morgan fingerprint density at radius 3 is 2.31 bits per heavy atom. The number of carbonyl (C=O) groups is 1. The molecule has 35 heavy (non-hydrogen) atoms. The molecule has 0 radical (unpaired) electrons. The Labute approximate surface area is 208 Å². The zero-order valence-corrected chi connectivity index (χ0v) is 22.4. The van der Waals surface area contributed by atoms with Gasteiger partial charge >= 0.3 is 5.97 Å². The maximum Gasteiger partial charge on any atom is 0.340 e. The van der Waals surface area contributed by atoms with Crippen LogP contribution >= 0.6 is 0 Å². The summed E-state index contributed by atoms with van der Waals surface area (Å²) in [5.74, 6) is 0.297. The van der Waals surface area contributed by atoms with Gasteiger partial charge in [-0.3, -0.25) is 4.79 Å². The third-order valence-corrected chi connectivity index (χ3v) is 5.85. The fraction of sp³-hybridized carbons (Fsp3) is 0.464. The molecule has 2 aliphatic heterocycles. The SMILES string of the molecule is CC.CC.CC.CCc1c2c(nc3ccc(OC)cc13)-c1cc3c(c(=O)n1C2)COC(=O)C3OC. The number of aryl methyl sites for hydroxylation is 1. The second kappa shape index (κ2) is 12.5. The van der Waals surface area contributed by atoms with Crippen LogP contribution in [0, 0.1) is 0 Å². The fourth-order valence-electron chi connectivity index (χ4n) is 4.43. The molecule has 7 nitrogen and oxygen atoms in total. The van der Waals surface area contributed by atoms with E-state index in [1.54, 1.807) is 11.7 Å². The zero-order chi connectivity index (χ0) is 26.3. The molecule has 0 aliphatic carbocycles. The van der Waals surface area contributed by atoms with E-state index < -0.39 is 12.1 Å². The molecule has 0 amide bonds. The number of hydrogen-bond acceptors (Lipinski definition) is 6. The van der Waals surface area contributed by atoms with Crippen LogP contribution in [-0.2, 0) is 33.8 Å². The second-order valence-corrected chi connectivity index (χ2v) is 7.23. The van der Waals surface area contributed by atoms with Crippen LogP contribution in [0.2, 0.25) is 0 Å². The van der Waals surface area contributed by atoms with Crippen LogP contribution in [0.5, 0.6) is 5.75 Å². The maximum atomic E-state index is 13.2. The Morgan fingerprint density at radius 1 is 1.03 bits per heavy atom. The van der Waals surface area contributed by atoms with Crippen LogP contribution in [-0.4, -0.2) is 29.7 Å². The Balaban J connectivity index is 0.000000671. The van der Waals surface area contributed by atoms with Gasteiger partial charge in [-0.05, 0) is 36.2 Å². The van der Waals surface area contributed by atoms with E-state index in [0.717, 1.165) is 39.9 Å². The molecule has 0 bridgehead atoms. The van der Waals surface area contributed by atoms with E-state index in [1.807, 2.05) is 65.8 Å². The van der Waals surface area contributed by atoms with Crippen LogP contribution in [0.3, 0.4) is 0 Å². The lowest BCUT2D eigenvalue weighted by Gasteiger charge is -2.24. The molecule has 1 unspecified atom stereocenters. The molecule has 190 valence electrons. The number of hydrogen-bond donors (Lipinski definition) is 0. The summed E-state index contributed by atoms with van der Waals surface area (Å²) in [4.78, 5) is 30.2. The van der Waals surface area contributed by atoms with Gasteiger partial charge in [0.05, 0.1) is 36.1 Å². The molecular formula is C28H38N2O5. The Morgan fingerprint density at radius 2 is 1.71 bits per heavy atom. The molecule has 0 saturated carbocycles. The molecule has 3 aromatic rings. The first-order valence-corrected chi connectivity index (χ1v) is 12.5. The van der Waals surface area contributed by atoms with E-state index in [4.69, 9.17) is 19.2 Å². The highest BCUT2D eigenvalue weighted by Crippen LogP contribution is 2.39. The molecule has 0 N–H and O–H groups in total.